The maximum atomic E-state index is 13.3. The molecule has 1 N–H and O–H groups in total. The molecule has 0 atom stereocenters. The van der Waals surface area contributed by atoms with Crippen molar-refractivity contribution in [3.05, 3.63) is 95.8 Å². The topological polar surface area (TPSA) is 82.6 Å². The molecule has 7 heteroatoms. The van der Waals surface area contributed by atoms with E-state index in [-0.39, 0.29) is 17.7 Å². The van der Waals surface area contributed by atoms with Gasteiger partial charge in [-0.1, -0.05) is 30.3 Å². The van der Waals surface area contributed by atoms with Gasteiger partial charge in [0.25, 0.3) is 17.7 Å². The molecule has 1 aliphatic heterocycles. The molecular formula is C25H24N4O3. The van der Waals surface area contributed by atoms with Crippen LogP contribution in [0.4, 0.5) is 5.69 Å². The molecule has 162 valence electrons. The number of para-hydroxylation sites is 1. The average Bonchev–Trinajstić information content (AvgIpc) is 3.11. The molecule has 0 bridgehead atoms. The van der Waals surface area contributed by atoms with Crippen molar-refractivity contribution in [2.75, 3.05) is 31.5 Å². The first-order valence-corrected chi connectivity index (χ1v) is 10.6. The number of rotatable bonds is 4. The number of amides is 3. The molecule has 3 aromatic rings. The summed E-state index contributed by atoms with van der Waals surface area (Å²) in [4.78, 5) is 46.1. The number of hydrogen-bond acceptors (Lipinski definition) is 4. The first-order valence-electron chi connectivity index (χ1n) is 10.6. The first kappa shape index (κ1) is 21.2. The van der Waals surface area contributed by atoms with Crippen molar-refractivity contribution in [3.8, 4) is 0 Å². The van der Waals surface area contributed by atoms with Gasteiger partial charge < -0.3 is 15.1 Å². The molecule has 3 amide bonds. The van der Waals surface area contributed by atoms with Crippen molar-refractivity contribution < 1.29 is 14.4 Å². The molecule has 32 heavy (non-hydrogen) atoms. The van der Waals surface area contributed by atoms with Gasteiger partial charge in [0.15, 0.2) is 0 Å². The number of pyridine rings is 1. The number of nitrogens with one attached hydrogen (secondary N) is 1. The van der Waals surface area contributed by atoms with Crippen molar-refractivity contribution in [2.24, 2.45) is 0 Å². The Balaban J connectivity index is 1.46. The van der Waals surface area contributed by atoms with E-state index in [1.54, 1.807) is 82.9 Å². The van der Waals surface area contributed by atoms with Crippen LogP contribution in [0.3, 0.4) is 0 Å². The van der Waals surface area contributed by atoms with E-state index < -0.39 is 0 Å². The molecule has 0 radical (unpaired) electrons. The van der Waals surface area contributed by atoms with Crippen molar-refractivity contribution >= 4 is 23.4 Å². The monoisotopic (exact) mass is 428 g/mol. The number of anilines is 1. The normalized spacial score (nSPS) is 13.9. The summed E-state index contributed by atoms with van der Waals surface area (Å²) in [5.74, 6) is -0.486. The highest BCUT2D eigenvalue weighted by atomic mass is 16.2. The molecule has 0 saturated carbocycles. The summed E-state index contributed by atoms with van der Waals surface area (Å²) < 4.78 is 0. The van der Waals surface area contributed by atoms with Crippen LogP contribution < -0.4 is 5.32 Å². The van der Waals surface area contributed by atoms with Crippen molar-refractivity contribution in [2.45, 2.75) is 6.42 Å². The lowest BCUT2D eigenvalue weighted by atomic mass is 10.1. The Morgan fingerprint density at radius 2 is 1.31 bits per heavy atom. The molecule has 1 saturated heterocycles. The van der Waals surface area contributed by atoms with Crippen LogP contribution in [0.5, 0.6) is 0 Å². The molecule has 0 unspecified atom stereocenters. The predicted octanol–water partition coefficient (Wildman–Crippen LogP) is 3.32. The van der Waals surface area contributed by atoms with E-state index in [9.17, 15) is 14.4 Å². The van der Waals surface area contributed by atoms with Crippen LogP contribution in [-0.4, -0.2) is 58.7 Å². The standard InChI is InChI=1S/C25H24N4O3/c30-23(19-7-2-1-3-8-19)27-22-10-5-4-9-21(22)25(32)29-16-6-15-28(17-18-29)24(31)20-11-13-26-14-12-20/h1-5,7-14H,6,15-18H2,(H,27,30). The Kier molecular flexibility index (Phi) is 6.55. The van der Waals surface area contributed by atoms with E-state index in [0.29, 0.717) is 55.0 Å². The third-order valence-corrected chi connectivity index (χ3v) is 5.44. The van der Waals surface area contributed by atoms with Crippen molar-refractivity contribution in [1.29, 1.82) is 0 Å². The minimum Gasteiger partial charge on any atom is -0.337 e. The highest BCUT2D eigenvalue weighted by Gasteiger charge is 2.25. The second kappa shape index (κ2) is 9.87. The molecule has 0 spiro atoms. The SMILES string of the molecule is O=C(Nc1ccccc1C(=O)N1CCCN(C(=O)c2ccncc2)CC1)c1ccccc1. The zero-order valence-corrected chi connectivity index (χ0v) is 17.6. The Morgan fingerprint density at radius 1 is 0.688 bits per heavy atom. The first-order chi connectivity index (χ1) is 15.6. The minimum atomic E-state index is -0.268. The van der Waals surface area contributed by atoms with Crippen LogP contribution in [0.1, 0.15) is 37.5 Å². The van der Waals surface area contributed by atoms with E-state index >= 15 is 0 Å². The number of carbonyl (C=O) groups excluding carboxylic acids is 3. The molecule has 1 aliphatic rings. The molecule has 7 nitrogen and oxygen atoms in total. The van der Waals surface area contributed by atoms with Gasteiger partial charge in [-0.2, -0.15) is 0 Å². The summed E-state index contributed by atoms with van der Waals surface area (Å²) in [7, 11) is 0. The van der Waals surface area contributed by atoms with Gasteiger partial charge in [0.05, 0.1) is 11.3 Å². The maximum Gasteiger partial charge on any atom is 0.256 e. The van der Waals surface area contributed by atoms with E-state index in [0.717, 1.165) is 0 Å². The molecule has 2 heterocycles. The summed E-state index contributed by atoms with van der Waals surface area (Å²) >= 11 is 0. The second-order valence-electron chi connectivity index (χ2n) is 7.54. The van der Waals surface area contributed by atoms with E-state index in [1.165, 1.54) is 0 Å². The highest BCUT2D eigenvalue weighted by Crippen LogP contribution is 2.20. The predicted molar refractivity (Wildman–Crippen MR) is 121 cm³/mol. The molecule has 1 aromatic heterocycles. The fourth-order valence-corrected chi connectivity index (χ4v) is 3.73. The Morgan fingerprint density at radius 3 is 2.03 bits per heavy atom. The van der Waals surface area contributed by atoms with Crippen molar-refractivity contribution in [3.63, 3.8) is 0 Å². The van der Waals surface area contributed by atoms with Gasteiger partial charge in [-0.3, -0.25) is 19.4 Å². The Hall–Kier alpha value is -4.00. The number of benzene rings is 2. The highest BCUT2D eigenvalue weighted by molar-refractivity contribution is 6.09. The summed E-state index contributed by atoms with van der Waals surface area (Å²) in [6, 6.07) is 19.3. The van der Waals surface area contributed by atoms with Crippen LogP contribution >= 0.6 is 0 Å². The lowest BCUT2D eigenvalue weighted by molar-refractivity contribution is 0.0719. The third kappa shape index (κ3) is 4.83. The zero-order chi connectivity index (χ0) is 22.3. The molecule has 1 fully saturated rings. The average molecular weight is 428 g/mol. The molecule has 2 aromatic carbocycles. The van der Waals surface area contributed by atoms with Gasteiger partial charge >= 0.3 is 0 Å². The third-order valence-electron chi connectivity index (χ3n) is 5.44. The lowest BCUT2D eigenvalue weighted by Crippen LogP contribution is -2.37. The van der Waals surface area contributed by atoms with Crippen LogP contribution in [0, 0.1) is 0 Å². The molecular weight excluding hydrogens is 404 g/mol. The summed E-state index contributed by atoms with van der Waals surface area (Å²) in [5.41, 5.74) is 2.02. The molecule has 0 aliphatic carbocycles. The lowest BCUT2D eigenvalue weighted by Gasteiger charge is -2.23. The van der Waals surface area contributed by atoms with Gasteiger partial charge in [0.2, 0.25) is 0 Å². The van der Waals surface area contributed by atoms with Crippen LogP contribution in [0.15, 0.2) is 79.1 Å². The van der Waals surface area contributed by atoms with Gasteiger partial charge in [-0.05, 0) is 42.8 Å². The van der Waals surface area contributed by atoms with Gasteiger partial charge in [-0.15, -0.1) is 0 Å². The van der Waals surface area contributed by atoms with E-state index in [2.05, 4.69) is 10.3 Å². The smallest absolute Gasteiger partial charge is 0.256 e. The number of carbonyl (C=O) groups is 3. The van der Waals surface area contributed by atoms with Gasteiger partial charge in [-0.25, -0.2) is 0 Å². The summed E-state index contributed by atoms with van der Waals surface area (Å²) in [6.07, 6.45) is 3.88. The van der Waals surface area contributed by atoms with Gasteiger partial charge in [0, 0.05) is 49.7 Å². The van der Waals surface area contributed by atoms with Crippen molar-refractivity contribution in [1.82, 2.24) is 14.8 Å². The van der Waals surface area contributed by atoms with E-state index in [1.807, 2.05) is 6.07 Å². The second-order valence-corrected chi connectivity index (χ2v) is 7.54. The van der Waals surface area contributed by atoms with Gasteiger partial charge in [0.1, 0.15) is 0 Å². The quantitative estimate of drug-likeness (QED) is 0.691. The van der Waals surface area contributed by atoms with Crippen LogP contribution in [0.2, 0.25) is 0 Å². The summed E-state index contributed by atoms with van der Waals surface area (Å²) in [5, 5.41) is 2.85. The minimum absolute atomic E-state index is 0.0581. The van der Waals surface area contributed by atoms with E-state index in [4.69, 9.17) is 0 Å². The fraction of sp³-hybridized carbons (Fsp3) is 0.200. The zero-order valence-electron chi connectivity index (χ0n) is 17.6. The molecule has 4 rings (SSSR count). The Bertz CT molecular complexity index is 1100. The number of nitrogens with zero attached hydrogens (tertiary/aromatic N) is 3. The maximum absolute atomic E-state index is 13.3. The number of aromatic nitrogens is 1. The fourth-order valence-electron chi connectivity index (χ4n) is 3.73. The largest absolute Gasteiger partial charge is 0.337 e. The number of hydrogen-bond donors (Lipinski definition) is 1. The Labute approximate surface area is 186 Å². The van der Waals surface area contributed by atoms with Crippen LogP contribution in [-0.2, 0) is 0 Å². The van der Waals surface area contributed by atoms with Crippen LogP contribution in [0.25, 0.3) is 0 Å². The summed E-state index contributed by atoms with van der Waals surface area (Å²) in [6.45, 7) is 2.00.